The highest BCUT2D eigenvalue weighted by Gasteiger charge is 2.23. The molecule has 0 bridgehead atoms. The van der Waals surface area contributed by atoms with E-state index in [2.05, 4.69) is 34.8 Å². The molecule has 26 heavy (non-hydrogen) atoms. The van der Waals surface area contributed by atoms with Crippen LogP contribution in [0.4, 0.5) is 0 Å². The number of fused-ring (bicyclic) bond motifs is 1. The topological polar surface area (TPSA) is 48.6 Å². The predicted molar refractivity (Wildman–Crippen MR) is 107 cm³/mol. The number of H-pyrrole nitrogens is 1. The smallest absolute Gasteiger partial charge is 0.189 e. The maximum Gasteiger partial charge on any atom is 0.189 e. The number of nitrogens with one attached hydrogen (secondary N) is 1. The lowest BCUT2D eigenvalue weighted by Crippen LogP contribution is -2.44. The lowest BCUT2D eigenvalue weighted by molar-refractivity contribution is 0.0794. The molecule has 0 radical (unpaired) electrons. The first kappa shape index (κ1) is 19.1. The molecule has 1 aliphatic rings. The SMILES string of the molecule is COCCN(Cc1cc(=O)c2c(C)ccc(C)c2[nH]1)C1CCN(C)CC1. The second-order valence-electron chi connectivity index (χ2n) is 7.61. The zero-order valence-electron chi connectivity index (χ0n) is 16.5. The van der Waals surface area contributed by atoms with Gasteiger partial charge in [-0.15, -0.1) is 0 Å². The summed E-state index contributed by atoms with van der Waals surface area (Å²) < 4.78 is 5.33. The number of hydrogen-bond acceptors (Lipinski definition) is 4. The molecule has 2 heterocycles. The first-order valence-corrected chi connectivity index (χ1v) is 9.53. The van der Waals surface area contributed by atoms with Crippen molar-refractivity contribution in [2.24, 2.45) is 0 Å². The van der Waals surface area contributed by atoms with E-state index in [-0.39, 0.29) is 5.43 Å². The van der Waals surface area contributed by atoms with Crippen LogP contribution in [0.25, 0.3) is 10.9 Å². The van der Waals surface area contributed by atoms with Crippen LogP contribution >= 0.6 is 0 Å². The molecule has 1 fully saturated rings. The van der Waals surface area contributed by atoms with E-state index in [0.29, 0.717) is 12.6 Å². The summed E-state index contributed by atoms with van der Waals surface area (Å²) in [6, 6.07) is 6.43. The van der Waals surface area contributed by atoms with Crippen molar-refractivity contribution in [2.75, 3.05) is 40.4 Å². The van der Waals surface area contributed by atoms with Gasteiger partial charge in [-0.25, -0.2) is 0 Å². The summed E-state index contributed by atoms with van der Waals surface area (Å²) in [4.78, 5) is 21.1. The lowest BCUT2D eigenvalue weighted by atomic mass is 10.0. The third-order valence-electron chi connectivity index (χ3n) is 5.62. The van der Waals surface area contributed by atoms with Gasteiger partial charge in [0, 0.05) is 43.4 Å². The fourth-order valence-corrected chi connectivity index (χ4v) is 3.98. The molecule has 3 rings (SSSR count). The lowest BCUT2D eigenvalue weighted by Gasteiger charge is -2.37. The predicted octanol–water partition coefficient (Wildman–Crippen LogP) is 2.69. The number of likely N-dealkylation sites (tertiary alicyclic amines) is 1. The molecule has 1 aromatic carbocycles. The minimum atomic E-state index is 0.116. The summed E-state index contributed by atoms with van der Waals surface area (Å²) in [7, 11) is 3.93. The summed E-state index contributed by atoms with van der Waals surface area (Å²) in [5.74, 6) is 0. The number of pyridine rings is 1. The van der Waals surface area contributed by atoms with Crippen LogP contribution in [0.15, 0.2) is 23.0 Å². The van der Waals surface area contributed by atoms with E-state index in [4.69, 9.17) is 4.74 Å². The van der Waals surface area contributed by atoms with E-state index in [1.54, 1.807) is 13.2 Å². The number of aryl methyl sites for hydroxylation is 2. The number of methoxy groups -OCH3 is 1. The van der Waals surface area contributed by atoms with Crippen molar-refractivity contribution in [1.29, 1.82) is 0 Å². The Hall–Kier alpha value is -1.69. The molecule has 0 atom stereocenters. The third-order valence-corrected chi connectivity index (χ3v) is 5.62. The van der Waals surface area contributed by atoms with Gasteiger partial charge >= 0.3 is 0 Å². The molecule has 1 N–H and O–H groups in total. The largest absolute Gasteiger partial charge is 0.383 e. The zero-order chi connectivity index (χ0) is 18.7. The van der Waals surface area contributed by atoms with Gasteiger partial charge in [-0.05, 0) is 58.0 Å². The maximum atomic E-state index is 12.7. The normalized spacial score (nSPS) is 16.7. The molecule has 0 spiro atoms. The number of hydrogen-bond donors (Lipinski definition) is 1. The number of aromatic nitrogens is 1. The second-order valence-corrected chi connectivity index (χ2v) is 7.61. The molecule has 0 amide bonds. The van der Waals surface area contributed by atoms with Gasteiger partial charge < -0.3 is 14.6 Å². The average Bonchev–Trinajstić information content (AvgIpc) is 2.62. The molecule has 0 saturated carbocycles. The summed E-state index contributed by atoms with van der Waals surface area (Å²) in [6.45, 7) is 8.67. The van der Waals surface area contributed by atoms with Crippen molar-refractivity contribution in [3.63, 3.8) is 0 Å². The Kier molecular flexibility index (Phi) is 6.12. The van der Waals surface area contributed by atoms with Crippen LogP contribution < -0.4 is 5.43 Å². The van der Waals surface area contributed by atoms with Crippen molar-refractivity contribution in [3.05, 3.63) is 45.2 Å². The van der Waals surface area contributed by atoms with Gasteiger partial charge in [0.2, 0.25) is 0 Å². The van der Waals surface area contributed by atoms with Crippen LogP contribution in [0.1, 0.15) is 29.7 Å². The molecular formula is C21H31N3O2. The van der Waals surface area contributed by atoms with Crippen LogP contribution in [0, 0.1) is 13.8 Å². The van der Waals surface area contributed by atoms with Crippen LogP contribution in [-0.4, -0.2) is 61.2 Å². The molecule has 5 heteroatoms. The van der Waals surface area contributed by atoms with Crippen LogP contribution in [0.2, 0.25) is 0 Å². The van der Waals surface area contributed by atoms with E-state index >= 15 is 0 Å². The zero-order valence-corrected chi connectivity index (χ0v) is 16.5. The van der Waals surface area contributed by atoms with E-state index in [1.165, 1.54) is 0 Å². The van der Waals surface area contributed by atoms with Gasteiger partial charge in [-0.1, -0.05) is 12.1 Å². The molecule has 1 aromatic heterocycles. The van der Waals surface area contributed by atoms with E-state index < -0.39 is 0 Å². The average molecular weight is 357 g/mol. The fraction of sp³-hybridized carbons (Fsp3) is 0.571. The Morgan fingerprint density at radius 2 is 1.92 bits per heavy atom. The first-order valence-electron chi connectivity index (χ1n) is 9.53. The number of nitrogens with zero attached hydrogens (tertiary/aromatic N) is 2. The molecule has 2 aromatic rings. The standard InChI is InChI=1S/C21H31N3O2/c1-15-5-6-16(2)21-20(15)19(25)13-17(22-21)14-24(11-12-26-4)18-7-9-23(3)10-8-18/h5-6,13,18H,7-12,14H2,1-4H3,(H,22,25). The maximum absolute atomic E-state index is 12.7. The Balaban J connectivity index is 1.88. The summed E-state index contributed by atoms with van der Waals surface area (Å²) >= 11 is 0. The minimum Gasteiger partial charge on any atom is -0.383 e. The first-order chi connectivity index (χ1) is 12.5. The van der Waals surface area contributed by atoms with Crippen molar-refractivity contribution >= 4 is 10.9 Å². The Labute approximate surface area is 156 Å². The van der Waals surface area contributed by atoms with Gasteiger partial charge in [0.1, 0.15) is 0 Å². The Morgan fingerprint density at radius 1 is 1.23 bits per heavy atom. The van der Waals surface area contributed by atoms with Gasteiger partial charge in [0.25, 0.3) is 0 Å². The monoisotopic (exact) mass is 357 g/mol. The van der Waals surface area contributed by atoms with Gasteiger partial charge in [-0.3, -0.25) is 9.69 Å². The van der Waals surface area contributed by atoms with Gasteiger partial charge in [0.15, 0.2) is 5.43 Å². The summed E-state index contributed by atoms with van der Waals surface area (Å²) in [5, 5.41) is 0.816. The Morgan fingerprint density at radius 3 is 2.62 bits per heavy atom. The molecule has 0 aliphatic carbocycles. The van der Waals surface area contributed by atoms with E-state index in [1.807, 2.05) is 13.0 Å². The van der Waals surface area contributed by atoms with Crippen LogP contribution in [0.3, 0.4) is 0 Å². The third kappa shape index (κ3) is 4.17. The van der Waals surface area contributed by atoms with Crippen molar-refractivity contribution in [1.82, 2.24) is 14.8 Å². The highest BCUT2D eigenvalue weighted by atomic mass is 16.5. The number of benzene rings is 1. The van der Waals surface area contributed by atoms with Crippen LogP contribution in [0.5, 0.6) is 0 Å². The van der Waals surface area contributed by atoms with Crippen molar-refractivity contribution in [3.8, 4) is 0 Å². The van der Waals surface area contributed by atoms with Gasteiger partial charge in [0.05, 0.1) is 12.1 Å². The minimum absolute atomic E-state index is 0.116. The van der Waals surface area contributed by atoms with Crippen molar-refractivity contribution < 1.29 is 4.74 Å². The highest BCUT2D eigenvalue weighted by Crippen LogP contribution is 2.20. The number of ether oxygens (including phenoxy) is 1. The molecule has 5 nitrogen and oxygen atoms in total. The van der Waals surface area contributed by atoms with E-state index in [9.17, 15) is 4.79 Å². The second kappa shape index (κ2) is 8.33. The number of aromatic amines is 1. The molecular weight excluding hydrogens is 326 g/mol. The number of piperidine rings is 1. The highest BCUT2D eigenvalue weighted by molar-refractivity contribution is 5.84. The van der Waals surface area contributed by atoms with E-state index in [0.717, 1.165) is 66.7 Å². The summed E-state index contributed by atoms with van der Waals surface area (Å²) in [5.41, 5.74) is 4.23. The molecule has 142 valence electrons. The summed E-state index contributed by atoms with van der Waals surface area (Å²) in [6.07, 6.45) is 2.33. The molecule has 1 aliphatic heterocycles. The van der Waals surface area contributed by atoms with Crippen LogP contribution in [-0.2, 0) is 11.3 Å². The van der Waals surface area contributed by atoms with Gasteiger partial charge in [-0.2, -0.15) is 0 Å². The Bertz CT molecular complexity index is 807. The van der Waals surface area contributed by atoms with Crippen molar-refractivity contribution in [2.45, 2.75) is 39.3 Å². The molecule has 1 saturated heterocycles. The quantitative estimate of drug-likeness (QED) is 0.864. The molecule has 0 unspecified atom stereocenters. The fourth-order valence-electron chi connectivity index (χ4n) is 3.98. The number of rotatable bonds is 6.